The van der Waals surface area contributed by atoms with Crippen LogP contribution in [0, 0.1) is 0 Å². The molecular weight excluding hydrogens is 412 g/mol. The van der Waals surface area contributed by atoms with Crippen LogP contribution in [0.4, 0.5) is 9.93 Å². The number of hydrogen-bond donors (Lipinski definition) is 0. The SMILES string of the molecule is CN(c1nc2sc(Br)nc2s1)C1CCN(C(=O)OC(C)(C)C)CC1. The molecule has 0 N–H and O–H groups in total. The normalized spacial score (nSPS) is 16.6. The van der Waals surface area contributed by atoms with Gasteiger partial charge in [-0.25, -0.2) is 14.8 Å². The minimum atomic E-state index is -0.446. The Kier molecular flexibility index (Phi) is 5.04. The predicted molar refractivity (Wildman–Crippen MR) is 102 cm³/mol. The molecule has 3 heterocycles. The molecule has 0 saturated carbocycles. The van der Waals surface area contributed by atoms with Crippen molar-refractivity contribution in [2.24, 2.45) is 0 Å². The zero-order valence-corrected chi connectivity index (χ0v) is 17.4. The molecule has 1 fully saturated rings. The van der Waals surface area contributed by atoms with Crippen molar-refractivity contribution in [2.75, 3.05) is 25.0 Å². The van der Waals surface area contributed by atoms with E-state index in [9.17, 15) is 4.79 Å². The van der Waals surface area contributed by atoms with E-state index in [0.29, 0.717) is 19.1 Å². The van der Waals surface area contributed by atoms with E-state index in [1.54, 1.807) is 27.6 Å². The minimum absolute atomic E-state index is 0.215. The third-order valence-electron chi connectivity index (χ3n) is 3.90. The molecule has 0 radical (unpaired) electrons. The van der Waals surface area contributed by atoms with Gasteiger partial charge in [-0.05, 0) is 49.5 Å². The number of carbonyl (C=O) groups is 1. The Balaban J connectivity index is 1.59. The first-order valence-corrected chi connectivity index (χ1v) is 10.3. The number of carbonyl (C=O) groups excluding carboxylic acids is 1. The number of anilines is 1. The van der Waals surface area contributed by atoms with Crippen molar-refractivity contribution in [3.63, 3.8) is 0 Å². The fourth-order valence-electron chi connectivity index (χ4n) is 2.68. The molecule has 3 rings (SSSR count). The first kappa shape index (κ1) is 17.9. The van der Waals surface area contributed by atoms with Gasteiger partial charge in [-0.1, -0.05) is 22.7 Å². The van der Waals surface area contributed by atoms with E-state index in [-0.39, 0.29) is 6.09 Å². The summed E-state index contributed by atoms with van der Waals surface area (Å²) in [4.78, 5) is 27.2. The Morgan fingerprint density at radius 1 is 1.25 bits per heavy atom. The van der Waals surface area contributed by atoms with Gasteiger partial charge in [0.2, 0.25) is 0 Å². The molecule has 1 aliphatic heterocycles. The monoisotopic (exact) mass is 432 g/mol. The van der Waals surface area contributed by atoms with E-state index in [1.165, 1.54) is 0 Å². The summed E-state index contributed by atoms with van der Waals surface area (Å²) >= 11 is 6.56. The van der Waals surface area contributed by atoms with Gasteiger partial charge in [-0.2, -0.15) is 0 Å². The van der Waals surface area contributed by atoms with E-state index >= 15 is 0 Å². The summed E-state index contributed by atoms with van der Waals surface area (Å²) in [6.07, 6.45) is 1.62. The lowest BCUT2D eigenvalue weighted by Crippen LogP contribution is -2.47. The lowest BCUT2D eigenvalue weighted by Gasteiger charge is -2.37. The number of thiazole rings is 2. The quantitative estimate of drug-likeness (QED) is 0.705. The highest BCUT2D eigenvalue weighted by Gasteiger charge is 2.29. The number of rotatable bonds is 2. The van der Waals surface area contributed by atoms with Gasteiger partial charge in [0.15, 0.2) is 18.7 Å². The number of likely N-dealkylation sites (tertiary alicyclic amines) is 1. The first-order valence-electron chi connectivity index (χ1n) is 7.86. The second kappa shape index (κ2) is 6.76. The lowest BCUT2D eigenvalue weighted by atomic mass is 10.0. The highest BCUT2D eigenvalue weighted by molar-refractivity contribution is 9.11. The van der Waals surface area contributed by atoms with Crippen LogP contribution in [0.5, 0.6) is 0 Å². The van der Waals surface area contributed by atoms with Crippen LogP contribution >= 0.6 is 38.6 Å². The van der Waals surface area contributed by atoms with Crippen LogP contribution in [0.1, 0.15) is 33.6 Å². The second-order valence-corrected chi connectivity index (χ2v) is 10.1. The van der Waals surface area contributed by atoms with Crippen molar-refractivity contribution in [1.29, 1.82) is 0 Å². The van der Waals surface area contributed by atoms with Gasteiger partial charge in [0.1, 0.15) is 5.60 Å². The lowest BCUT2D eigenvalue weighted by molar-refractivity contribution is 0.0205. The Labute approximate surface area is 158 Å². The Morgan fingerprint density at radius 3 is 2.46 bits per heavy atom. The maximum Gasteiger partial charge on any atom is 0.410 e. The largest absolute Gasteiger partial charge is 0.444 e. The van der Waals surface area contributed by atoms with Crippen LogP contribution in [0.15, 0.2) is 3.92 Å². The maximum absolute atomic E-state index is 12.1. The summed E-state index contributed by atoms with van der Waals surface area (Å²) < 4.78 is 6.32. The highest BCUT2D eigenvalue weighted by Crippen LogP contribution is 2.35. The fourth-order valence-corrected chi connectivity index (χ4v) is 5.23. The standard InChI is InChI=1S/C15H21BrN4O2S2/c1-15(2,3)22-14(21)20-7-5-9(6-8-20)19(4)13-18-11-10(24-13)17-12(16)23-11/h9H,5-8H2,1-4H3. The molecule has 0 atom stereocenters. The van der Waals surface area contributed by atoms with E-state index < -0.39 is 5.60 Å². The predicted octanol–water partition coefficient (Wildman–Crippen LogP) is 4.35. The number of hydrogen-bond acceptors (Lipinski definition) is 7. The molecule has 1 saturated heterocycles. The molecule has 6 nitrogen and oxygen atoms in total. The van der Waals surface area contributed by atoms with E-state index in [2.05, 4.69) is 37.8 Å². The van der Waals surface area contributed by atoms with Gasteiger partial charge < -0.3 is 14.5 Å². The van der Waals surface area contributed by atoms with Gasteiger partial charge in [0.25, 0.3) is 0 Å². The molecule has 1 amide bonds. The van der Waals surface area contributed by atoms with Crippen molar-refractivity contribution in [3.05, 3.63) is 3.92 Å². The van der Waals surface area contributed by atoms with Gasteiger partial charge in [0, 0.05) is 26.2 Å². The number of aromatic nitrogens is 2. The van der Waals surface area contributed by atoms with Gasteiger partial charge in [-0.3, -0.25) is 0 Å². The summed E-state index contributed by atoms with van der Waals surface area (Å²) in [5.74, 6) is 0. The molecule has 0 aromatic carbocycles. The molecule has 0 spiro atoms. The number of fused-ring (bicyclic) bond motifs is 1. The van der Waals surface area contributed by atoms with Crippen molar-refractivity contribution in [3.8, 4) is 0 Å². The number of piperidine rings is 1. The fraction of sp³-hybridized carbons (Fsp3) is 0.667. The molecule has 0 aliphatic carbocycles. The van der Waals surface area contributed by atoms with E-state index in [1.807, 2.05) is 20.8 Å². The molecule has 9 heteroatoms. The summed E-state index contributed by atoms with van der Waals surface area (Å²) in [7, 11) is 2.07. The van der Waals surface area contributed by atoms with Crippen molar-refractivity contribution in [2.45, 2.75) is 45.3 Å². The maximum atomic E-state index is 12.1. The van der Waals surface area contributed by atoms with Crippen LogP contribution < -0.4 is 4.90 Å². The smallest absolute Gasteiger partial charge is 0.410 e. The van der Waals surface area contributed by atoms with Crippen LogP contribution in [0.25, 0.3) is 9.66 Å². The number of halogens is 1. The third kappa shape index (κ3) is 4.00. The van der Waals surface area contributed by atoms with Crippen LogP contribution in [-0.2, 0) is 4.74 Å². The Bertz CT molecular complexity index is 700. The second-order valence-electron chi connectivity index (χ2n) is 6.88. The first-order chi connectivity index (χ1) is 11.2. The van der Waals surface area contributed by atoms with E-state index in [0.717, 1.165) is 31.6 Å². The molecule has 0 bridgehead atoms. The third-order valence-corrected chi connectivity index (χ3v) is 6.47. The molecule has 0 unspecified atom stereocenters. The van der Waals surface area contributed by atoms with Crippen molar-refractivity contribution >= 4 is 59.5 Å². The molecule has 24 heavy (non-hydrogen) atoms. The summed E-state index contributed by atoms with van der Waals surface area (Å²) in [5, 5.41) is 0.993. The van der Waals surface area contributed by atoms with Gasteiger partial charge >= 0.3 is 6.09 Å². The number of amides is 1. The van der Waals surface area contributed by atoms with Crippen molar-refractivity contribution in [1.82, 2.24) is 14.9 Å². The van der Waals surface area contributed by atoms with Crippen LogP contribution in [-0.4, -0.2) is 52.7 Å². The summed E-state index contributed by atoms with van der Waals surface area (Å²) in [6, 6.07) is 0.382. The minimum Gasteiger partial charge on any atom is -0.444 e. The number of nitrogens with zero attached hydrogens (tertiary/aromatic N) is 4. The van der Waals surface area contributed by atoms with Crippen LogP contribution in [0.3, 0.4) is 0 Å². The Morgan fingerprint density at radius 2 is 1.88 bits per heavy atom. The summed E-state index contributed by atoms with van der Waals surface area (Å²) in [6.45, 7) is 7.12. The van der Waals surface area contributed by atoms with Crippen LogP contribution in [0.2, 0.25) is 0 Å². The van der Waals surface area contributed by atoms with E-state index in [4.69, 9.17) is 4.74 Å². The zero-order valence-electron chi connectivity index (χ0n) is 14.2. The summed E-state index contributed by atoms with van der Waals surface area (Å²) in [5.41, 5.74) is -0.446. The van der Waals surface area contributed by atoms with Gasteiger partial charge in [0.05, 0.1) is 0 Å². The Hall–Kier alpha value is -0.930. The zero-order chi connectivity index (χ0) is 17.5. The number of ether oxygens (including phenoxy) is 1. The molecule has 2 aromatic heterocycles. The van der Waals surface area contributed by atoms with Crippen molar-refractivity contribution < 1.29 is 9.53 Å². The molecular formula is C15H21BrN4O2S2. The topological polar surface area (TPSA) is 58.6 Å². The highest BCUT2D eigenvalue weighted by atomic mass is 79.9. The van der Waals surface area contributed by atoms with Gasteiger partial charge in [-0.15, -0.1) is 0 Å². The molecule has 2 aromatic rings. The molecule has 1 aliphatic rings. The molecule has 132 valence electrons. The average molecular weight is 433 g/mol. The average Bonchev–Trinajstić information content (AvgIpc) is 3.02.